The Bertz CT molecular complexity index is 705. The van der Waals surface area contributed by atoms with E-state index in [0.717, 1.165) is 29.9 Å². The molecule has 0 spiro atoms. The van der Waals surface area contributed by atoms with Crippen LogP contribution in [0.3, 0.4) is 0 Å². The van der Waals surface area contributed by atoms with Gasteiger partial charge < -0.3 is 15.4 Å². The van der Waals surface area contributed by atoms with Gasteiger partial charge in [0.25, 0.3) is 0 Å². The third kappa shape index (κ3) is 3.08. The van der Waals surface area contributed by atoms with E-state index in [1.807, 2.05) is 28.9 Å². The second-order valence-electron chi connectivity index (χ2n) is 5.83. The van der Waals surface area contributed by atoms with Crippen LogP contribution in [0.4, 0.5) is 5.69 Å². The van der Waals surface area contributed by atoms with Crippen LogP contribution in [0, 0.1) is 0 Å². The largest absolute Gasteiger partial charge is 0.378 e. The predicted molar refractivity (Wildman–Crippen MR) is 82.8 cm³/mol. The highest BCUT2D eigenvalue weighted by atomic mass is 16.5. The van der Waals surface area contributed by atoms with Crippen molar-refractivity contribution in [3.63, 3.8) is 0 Å². The molecule has 8 nitrogen and oxygen atoms in total. The van der Waals surface area contributed by atoms with Gasteiger partial charge in [-0.05, 0) is 35.4 Å². The van der Waals surface area contributed by atoms with Crippen LogP contribution in [0.1, 0.15) is 18.9 Å². The fraction of sp³-hybridized carbons (Fsp3) is 0.467. The molecule has 0 bridgehead atoms. The number of hydrogen-bond donors (Lipinski definition) is 2. The number of hydrogen-bond acceptors (Lipinski definition) is 6. The number of nitrogens with zero attached hydrogens (tertiary/aromatic N) is 4. The summed E-state index contributed by atoms with van der Waals surface area (Å²) in [5.74, 6) is 0.645. The van der Waals surface area contributed by atoms with Gasteiger partial charge in [-0.1, -0.05) is 12.1 Å². The quantitative estimate of drug-likeness (QED) is 0.858. The summed E-state index contributed by atoms with van der Waals surface area (Å²) in [5.41, 5.74) is 1.62. The standard InChI is InChI=1S/C15H18N6O2/c22-15(13-9-23-7-6-16-13)17-11-3-1-2-10(8-11)14-18-19-20-21(14)12-4-5-12/h1-3,8,12-13,16H,4-7,9H2,(H,17,22). The van der Waals surface area contributed by atoms with Crippen molar-refractivity contribution in [3.8, 4) is 11.4 Å². The number of benzene rings is 1. The topological polar surface area (TPSA) is 94.0 Å². The summed E-state index contributed by atoms with van der Waals surface area (Å²) in [6.07, 6.45) is 2.23. The fourth-order valence-electron chi connectivity index (χ4n) is 2.65. The fourth-order valence-corrected chi connectivity index (χ4v) is 2.65. The molecule has 1 saturated carbocycles. The molecule has 1 aliphatic carbocycles. The zero-order valence-corrected chi connectivity index (χ0v) is 12.6. The monoisotopic (exact) mass is 314 g/mol. The van der Waals surface area contributed by atoms with Crippen LogP contribution in [-0.4, -0.2) is 51.9 Å². The van der Waals surface area contributed by atoms with Crippen molar-refractivity contribution in [2.45, 2.75) is 24.9 Å². The molecule has 23 heavy (non-hydrogen) atoms. The minimum atomic E-state index is -0.316. The minimum Gasteiger partial charge on any atom is -0.378 e. The number of tetrazole rings is 1. The highest BCUT2D eigenvalue weighted by Gasteiger charge is 2.28. The summed E-state index contributed by atoms with van der Waals surface area (Å²) in [6, 6.07) is 7.68. The number of amides is 1. The van der Waals surface area contributed by atoms with Crippen LogP contribution in [-0.2, 0) is 9.53 Å². The molecule has 8 heteroatoms. The zero-order valence-electron chi connectivity index (χ0n) is 12.6. The van der Waals surface area contributed by atoms with Gasteiger partial charge in [-0.2, -0.15) is 0 Å². The van der Waals surface area contributed by atoms with Gasteiger partial charge in [0, 0.05) is 17.8 Å². The molecule has 120 valence electrons. The molecule has 2 heterocycles. The smallest absolute Gasteiger partial charge is 0.243 e. The molecule has 2 fully saturated rings. The van der Waals surface area contributed by atoms with Gasteiger partial charge in [0.2, 0.25) is 5.91 Å². The summed E-state index contributed by atoms with van der Waals surface area (Å²) in [4.78, 5) is 12.3. The van der Waals surface area contributed by atoms with Crippen molar-refractivity contribution in [1.29, 1.82) is 0 Å². The van der Waals surface area contributed by atoms with Crippen molar-refractivity contribution in [2.75, 3.05) is 25.1 Å². The Kier molecular flexibility index (Phi) is 3.76. The maximum Gasteiger partial charge on any atom is 0.243 e. The molecule has 1 aliphatic heterocycles. The molecular formula is C15H18N6O2. The number of aromatic nitrogens is 4. The van der Waals surface area contributed by atoms with Crippen LogP contribution in [0.2, 0.25) is 0 Å². The van der Waals surface area contributed by atoms with Crippen molar-refractivity contribution in [2.24, 2.45) is 0 Å². The third-order valence-electron chi connectivity index (χ3n) is 4.01. The Balaban J connectivity index is 1.51. The number of morpholine rings is 1. The van der Waals surface area contributed by atoms with Gasteiger partial charge in [-0.3, -0.25) is 4.79 Å². The SMILES string of the molecule is O=C(Nc1cccc(-c2nnnn2C2CC2)c1)C1COCCN1. The van der Waals surface area contributed by atoms with E-state index < -0.39 is 0 Å². The molecule has 2 N–H and O–H groups in total. The third-order valence-corrected chi connectivity index (χ3v) is 4.01. The van der Waals surface area contributed by atoms with E-state index >= 15 is 0 Å². The van der Waals surface area contributed by atoms with E-state index in [9.17, 15) is 4.79 Å². The summed E-state index contributed by atoms with van der Waals surface area (Å²) in [7, 11) is 0. The van der Waals surface area contributed by atoms with Gasteiger partial charge in [-0.25, -0.2) is 4.68 Å². The maximum atomic E-state index is 12.3. The second kappa shape index (κ2) is 6.05. The van der Waals surface area contributed by atoms with E-state index in [-0.39, 0.29) is 11.9 Å². The van der Waals surface area contributed by atoms with Gasteiger partial charge >= 0.3 is 0 Å². The first-order valence-electron chi connectivity index (χ1n) is 7.81. The normalized spacial score (nSPS) is 21.1. The maximum absolute atomic E-state index is 12.3. The number of anilines is 1. The number of ether oxygens (including phenoxy) is 1. The Hall–Kier alpha value is -2.32. The molecule has 1 atom stereocenters. The molecule has 1 saturated heterocycles. The van der Waals surface area contributed by atoms with Crippen molar-refractivity contribution in [1.82, 2.24) is 25.5 Å². The van der Waals surface area contributed by atoms with Crippen LogP contribution in [0.25, 0.3) is 11.4 Å². The molecule has 1 amide bonds. The number of nitrogens with one attached hydrogen (secondary N) is 2. The average molecular weight is 314 g/mol. The zero-order chi connectivity index (χ0) is 15.6. The van der Waals surface area contributed by atoms with Gasteiger partial charge in [0.15, 0.2) is 5.82 Å². The highest BCUT2D eigenvalue weighted by molar-refractivity contribution is 5.95. The molecule has 0 radical (unpaired) electrons. The Labute approximate surface area is 133 Å². The first kappa shape index (κ1) is 14.3. The van der Waals surface area contributed by atoms with E-state index in [4.69, 9.17) is 4.74 Å². The molecule has 2 aliphatic rings. The minimum absolute atomic E-state index is 0.0939. The molecule has 1 aromatic carbocycles. The summed E-state index contributed by atoms with van der Waals surface area (Å²) < 4.78 is 7.18. The van der Waals surface area contributed by atoms with Crippen molar-refractivity contribution in [3.05, 3.63) is 24.3 Å². The highest BCUT2D eigenvalue weighted by Crippen LogP contribution is 2.36. The van der Waals surface area contributed by atoms with Crippen molar-refractivity contribution < 1.29 is 9.53 Å². The van der Waals surface area contributed by atoms with E-state index in [0.29, 0.717) is 25.8 Å². The van der Waals surface area contributed by atoms with E-state index in [2.05, 4.69) is 26.2 Å². The van der Waals surface area contributed by atoms with Crippen LogP contribution < -0.4 is 10.6 Å². The molecular weight excluding hydrogens is 296 g/mol. The number of rotatable bonds is 4. The molecule has 1 aromatic heterocycles. The first-order valence-corrected chi connectivity index (χ1v) is 7.81. The van der Waals surface area contributed by atoms with Crippen LogP contribution >= 0.6 is 0 Å². The lowest BCUT2D eigenvalue weighted by atomic mass is 10.1. The van der Waals surface area contributed by atoms with Gasteiger partial charge in [-0.15, -0.1) is 5.10 Å². The Morgan fingerprint density at radius 2 is 2.30 bits per heavy atom. The predicted octanol–water partition coefficient (Wildman–Crippen LogP) is 0.602. The second-order valence-corrected chi connectivity index (χ2v) is 5.83. The number of carbonyl (C=O) groups excluding carboxylic acids is 1. The van der Waals surface area contributed by atoms with Crippen molar-refractivity contribution >= 4 is 11.6 Å². The Morgan fingerprint density at radius 3 is 3.09 bits per heavy atom. The molecule has 1 unspecified atom stereocenters. The molecule has 4 rings (SSSR count). The number of carbonyl (C=O) groups is 1. The van der Waals surface area contributed by atoms with Crippen LogP contribution in [0.5, 0.6) is 0 Å². The first-order chi connectivity index (χ1) is 11.3. The molecule has 2 aromatic rings. The summed E-state index contributed by atoms with van der Waals surface area (Å²) >= 11 is 0. The lowest BCUT2D eigenvalue weighted by Crippen LogP contribution is -2.48. The summed E-state index contributed by atoms with van der Waals surface area (Å²) in [5, 5.41) is 18.0. The van der Waals surface area contributed by atoms with Gasteiger partial charge in [0.05, 0.1) is 19.3 Å². The van der Waals surface area contributed by atoms with Crippen LogP contribution in [0.15, 0.2) is 24.3 Å². The van der Waals surface area contributed by atoms with E-state index in [1.165, 1.54) is 0 Å². The lowest BCUT2D eigenvalue weighted by molar-refractivity contribution is -0.120. The Morgan fingerprint density at radius 1 is 1.39 bits per heavy atom. The summed E-state index contributed by atoms with van der Waals surface area (Å²) in [6.45, 7) is 1.73. The van der Waals surface area contributed by atoms with E-state index in [1.54, 1.807) is 0 Å². The van der Waals surface area contributed by atoms with Gasteiger partial charge in [0.1, 0.15) is 6.04 Å². The average Bonchev–Trinajstić information content (AvgIpc) is 3.32. The lowest BCUT2D eigenvalue weighted by Gasteiger charge is -2.22.